The summed E-state index contributed by atoms with van der Waals surface area (Å²) in [4.78, 5) is 12.4. The predicted molar refractivity (Wildman–Crippen MR) is 80.3 cm³/mol. The number of halogens is 1. The molecule has 0 aliphatic carbocycles. The first-order valence-corrected chi connectivity index (χ1v) is 6.59. The van der Waals surface area contributed by atoms with Crippen LogP contribution in [-0.4, -0.2) is 11.7 Å². The largest absolute Gasteiger partial charge is 0.497 e. The van der Waals surface area contributed by atoms with Crippen LogP contribution in [0.1, 0.15) is 5.56 Å². The molecule has 0 N–H and O–H groups in total. The number of fused-ring (bicyclic) bond motifs is 1. The van der Waals surface area contributed by atoms with E-state index >= 15 is 0 Å². The normalized spacial score (nSPS) is 10.8. The van der Waals surface area contributed by atoms with Crippen LogP contribution in [0, 0.1) is 5.82 Å². The number of ether oxygens (including phenoxy) is 1. The van der Waals surface area contributed by atoms with Gasteiger partial charge in [0.25, 0.3) is 5.56 Å². The average Bonchev–Trinajstić information content (AvgIpc) is 2.51. The third-order valence-electron chi connectivity index (χ3n) is 3.48. The molecule has 21 heavy (non-hydrogen) atoms. The first-order valence-electron chi connectivity index (χ1n) is 6.59. The summed E-state index contributed by atoms with van der Waals surface area (Å²) in [6.45, 7) is 0.216. The molecular weight excluding hydrogens is 269 g/mol. The van der Waals surface area contributed by atoms with Crippen molar-refractivity contribution < 1.29 is 9.13 Å². The second-order valence-corrected chi connectivity index (χ2v) is 4.79. The van der Waals surface area contributed by atoms with Crippen molar-refractivity contribution in [1.29, 1.82) is 0 Å². The molecule has 106 valence electrons. The van der Waals surface area contributed by atoms with Gasteiger partial charge < -0.3 is 9.30 Å². The lowest BCUT2D eigenvalue weighted by Gasteiger charge is -2.09. The fourth-order valence-corrected chi connectivity index (χ4v) is 2.33. The van der Waals surface area contributed by atoms with E-state index in [1.807, 2.05) is 12.1 Å². The van der Waals surface area contributed by atoms with Gasteiger partial charge in [0.05, 0.1) is 13.7 Å². The van der Waals surface area contributed by atoms with Crippen molar-refractivity contribution in [3.05, 3.63) is 76.5 Å². The van der Waals surface area contributed by atoms with Gasteiger partial charge in [0.1, 0.15) is 11.6 Å². The lowest BCUT2D eigenvalue weighted by molar-refractivity contribution is 0.415. The van der Waals surface area contributed by atoms with Gasteiger partial charge in [0.15, 0.2) is 0 Å². The molecule has 3 rings (SSSR count). The van der Waals surface area contributed by atoms with E-state index < -0.39 is 0 Å². The van der Waals surface area contributed by atoms with Crippen molar-refractivity contribution >= 4 is 10.8 Å². The predicted octanol–water partition coefficient (Wildman–Crippen LogP) is 3.20. The lowest BCUT2D eigenvalue weighted by atomic mass is 10.1. The van der Waals surface area contributed by atoms with Gasteiger partial charge in [-0.3, -0.25) is 4.79 Å². The number of benzene rings is 2. The van der Waals surface area contributed by atoms with E-state index in [1.54, 1.807) is 43.6 Å². The molecule has 0 spiro atoms. The van der Waals surface area contributed by atoms with Crippen LogP contribution in [0.5, 0.6) is 5.75 Å². The van der Waals surface area contributed by atoms with E-state index in [-0.39, 0.29) is 17.9 Å². The average molecular weight is 283 g/mol. The molecule has 3 nitrogen and oxygen atoms in total. The van der Waals surface area contributed by atoms with Gasteiger partial charge in [-0.25, -0.2) is 4.39 Å². The summed E-state index contributed by atoms with van der Waals surface area (Å²) >= 11 is 0. The second-order valence-electron chi connectivity index (χ2n) is 4.79. The first kappa shape index (κ1) is 13.4. The zero-order chi connectivity index (χ0) is 14.8. The first-order chi connectivity index (χ1) is 10.2. The number of hydrogen-bond donors (Lipinski definition) is 0. The van der Waals surface area contributed by atoms with Gasteiger partial charge in [-0.05, 0) is 35.7 Å². The van der Waals surface area contributed by atoms with Gasteiger partial charge in [0.2, 0.25) is 0 Å². The van der Waals surface area contributed by atoms with Crippen molar-refractivity contribution in [2.24, 2.45) is 0 Å². The molecule has 0 bridgehead atoms. The summed E-state index contributed by atoms with van der Waals surface area (Å²) < 4.78 is 20.3. The summed E-state index contributed by atoms with van der Waals surface area (Å²) in [5, 5.41) is 1.40. The van der Waals surface area contributed by atoms with E-state index in [0.29, 0.717) is 16.7 Å². The van der Waals surface area contributed by atoms with Gasteiger partial charge in [-0.1, -0.05) is 18.2 Å². The summed E-state index contributed by atoms with van der Waals surface area (Å²) in [5.74, 6) is 0.396. The lowest BCUT2D eigenvalue weighted by Crippen LogP contribution is -2.20. The Hall–Kier alpha value is -2.62. The highest BCUT2D eigenvalue weighted by Crippen LogP contribution is 2.18. The topological polar surface area (TPSA) is 31.2 Å². The number of methoxy groups -OCH3 is 1. The van der Waals surface area contributed by atoms with Gasteiger partial charge in [-0.15, -0.1) is 0 Å². The number of rotatable bonds is 3. The maximum Gasteiger partial charge on any atom is 0.258 e. The van der Waals surface area contributed by atoms with E-state index in [2.05, 4.69) is 0 Å². The fourth-order valence-electron chi connectivity index (χ4n) is 2.33. The Morgan fingerprint density at radius 2 is 1.95 bits per heavy atom. The van der Waals surface area contributed by atoms with Gasteiger partial charge in [-0.2, -0.15) is 0 Å². The molecule has 0 amide bonds. The third-order valence-corrected chi connectivity index (χ3v) is 3.48. The maximum atomic E-state index is 13.7. The van der Waals surface area contributed by atoms with Crippen molar-refractivity contribution in [2.75, 3.05) is 7.11 Å². The van der Waals surface area contributed by atoms with Crippen LogP contribution >= 0.6 is 0 Å². The smallest absolute Gasteiger partial charge is 0.258 e. The minimum Gasteiger partial charge on any atom is -0.497 e. The summed E-state index contributed by atoms with van der Waals surface area (Å²) in [6, 6.07) is 13.6. The minimum atomic E-state index is -0.306. The van der Waals surface area contributed by atoms with Crippen LogP contribution in [0.4, 0.5) is 4.39 Å². The zero-order valence-corrected chi connectivity index (χ0v) is 11.5. The molecule has 0 atom stereocenters. The highest BCUT2D eigenvalue weighted by atomic mass is 19.1. The quantitative estimate of drug-likeness (QED) is 0.739. The standard InChI is InChI=1S/C17H14FNO2/c1-21-14-6-7-15-12(10-14)8-9-19(17(15)20)11-13-4-2-3-5-16(13)18/h2-10H,11H2,1H3. The highest BCUT2D eigenvalue weighted by Gasteiger charge is 2.07. The van der Waals surface area contributed by atoms with Crippen LogP contribution < -0.4 is 10.3 Å². The Labute approximate surface area is 121 Å². The van der Waals surface area contributed by atoms with Crippen molar-refractivity contribution in [2.45, 2.75) is 6.54 Å². The summed E-state index contributed by atoms with van der Waals surface area (Å²) in [5.41, 5.74) is 0.353. The number of pyridine rings is 1. The molecule has 4 heteroatoms. The molecule has 1 aromatic heterocycles. The Balaban J connectivity index is 2.07. The van der Waals surface area contributed by atoms with Crippen molar-refractivity contribution in [3.8, 4) is 5.75 Å². The Morgan fingerprint density at radius 3 is 2.71 bits per heavy atom. The van der Waals surface area contributed by atoms with E-state index in [1.165, 1.54) is 10.6 Å². The fraction of sp³-hybridized carbons (Fsp3) is 0.118. The van der Waals surface area contributed by atoms with Gasteiger partial charge in [0, 0.05) is 17.1 Å². The Bertz CT molecular complexity index is 855. The Morgan fingerprint density at radius 1 is 1.14 bits per heavy atom. The van der Waals surface area contributed by atoms with E-state index in [9.17, 15) is 9.18 Å². The van der Waals surface area contributed by atoms with Crippen LogP contribution in [0.25, 0.3) is 10.8 Å². The second kappa shape index (κ2) is 5.40. The van der Waals surface area contributed by atoms with Crippen molar-refractivity contribution in [1.82, 2.24) is 4.57 Å². The van der Waals surface area contributed by atoms with Crippen LogP contribution in [-0.2, 0) is 6.54 Å². The summed E-state index contributed by atoms with van der Waals surface area (Å²) in [7, 11) is 1.58. The molecule has 0 radical (unpaired) electrons. The highest BCUT2D eigenvalue weighted by molar-refractivity contribution is 5.82. The van der Waals surface area contributed by atoms with Gasteiger partial charge >= 0.3 is 0 Å². The maximum absolute atomic E-state index is 13.7. The molecule has 3 aromatic rings. The van der Waals surface area contributed by atoms with Crippen LogP contribution in [0.15, 0.2) is 59.5 Å². The molecular formula is C17H14FNO2. The molecule has 0 saturated carbocycles. The van der Waals surface area contributed by atoms with E-state index in [4.69, 9.17) is 4.74 Å². The Kier molecular flexibility index (Phi) is 3.44. The molecule has 2 aromatic carbocycles. The minimum absolute atomic E-state index is 0.140. The molecule has 0 saturated heterocycles. The molecule has 0 unspecified atom stereocenters. The van der Waals surface area contributed by atoms with Crippen LogP contribution in [0.3, 0.4) is 0 Å². The van der Waals surface area contributed by atoms with Crippen LogP contribution in [0.2, 0.25) is 0 Å². The summed E-state index contributed by atoms with van der Waals surface area (Å²) in [6.07, 6.45) is 1.68. The zero-order valence-electron chi connectivity index (χ0n) is 11.5. The number of nitrogens with zero attached hydrogens (tertiary/aromatic N) is 1. The molecule has 0 aliphatic rings. The number of hydrogen-bond acceptors (Lipinski definition) is 2. The SMILES string of the molecule is COc1ccc2c(=O)n(Cc3ccccc3F)ccc2c1. The third kappa shape index (κ3) is 2.52. The molecule has 1 heterocycles. The van der Waals surface area contributed by atoms with Crippen molar-refractivity contribution in [3.63, 3.8) is 0 Å². The number of aromatic nitrogens is 1. The molecule has 0 aliphatic heterocycles. The molecule has 0 fully saturated rings. The van der Waals surface area contributed by atoms with E-state index in [0.717, 1.165) is 5.39 Å². The monoisotopic (exact) mass is 283 g/mol.